The Hall–Kier alpha value is -3.13. The molecule has 8 heteroatoms. The van der Waals surface area contributed by atoms with Gasteiger partial charge in [-0.25, -0.2) is 9.97 Å². The lowest BCUT2D eigenvalue weighted by atomic mass is 10.2. The average molecular weight is 454 g/mol. The third-order valence-electron chi connectivity index (χ3n) is 4.94. The van der Waals surface area contributed by atoms with E-state index in [4.69, 9.17) is 14.2 Å². The molecule has 1 aromatic carbocycles. The van der Waals surface area contributed by atoms with Gasteiger partial charge in [-0.2, -0.15) is 0 Å². The number of amides is 1. The highest BCUT2D eigenvalue weighted by Gasteiger charge is 2.22. The van der Waals surface area contributed by atoms with E-state index in [1.807, 2.05) is 44.2 Å². The third kappa shape index (κ3) is 6.20. The molecule has 1 aliphatic rings. The second-order valence-electron chi connectivity index (χ2n) is 8.07. The second-order valence-corrected chi connectivity index (χ2v) is 9.06. The molecule has 4 rings (SSSR count). The van der Waals surface area contributed by atoms with Crippen molar-refractivity contribution in [2.75, 3.05) is 13.2 Å². The van der Waals surface area contributed by atoms with Gasteiger partial charge in [0, 0.05) is 30.8 Å². The van der Waals surface area contributed by atoms with Gasteiger partial charge in [0.25, 0.3) is 0 Å². The summed E-state index contributed by atoms with van der Waals surface area (Å²) in [5.74, 6) is 2.64. The Morgan fingerprint density at radius 3 is 2.75 bits per heavy atom. The molecule has 1 unspecified atom stereocenters. The fourth-order valence-electron chi connectivity index (χ4n) is 3.10. The molecule has 1 atom stereocenters. The Balaban J connectivity index is 1.37. The number of nitrogens with zero attached hydrogens (tertiary/aromatic N) is 2. The number of nitrogens with one attached hydrogen (secondary N) is 1. The summed E-state index contributed by atoms with van der Waals surface area (Å²) in [4.78, 5) is 20.0. The Bertz CT molecular complexity index is 1080. The van der Waals surface area contributed by atoms with Crippen molar-refractivity contribution in [3.63, 3.8) is 0 Å². The first-order valence-electron chi connectivity index (χ1n) is 10.7. The van der Waals surface area contributed by atoms with Gasteiger partial charge in [-0.15, -0.1) is 0 Å². The van der Waals surface area contributed by atoms with Gasteiger partial charge in [-0.1, -0.05) is 17.4 Å². The van der Waals surface area contributed by atoms with Crippen LogP contribution in [0.4, 0.5) is 0 Å². The number of hydrogen-bond acceptors (Lipinski definition) is 7. The highest BCUT2D eigenvalue weighted by Crippen LogP contribution is 2.34. The van der Waals surface area contributed by atoms with Gasteiger partial charge in [0.2, 0.25) is 11.8 Å². The summed E-state index contributed by atoms with van der Waals surface area (Å²) in [5, 5.41) is 4.31. The summed E-state index contributed by atoms with van der Waals surface area (Å²) >= 11 is 1.44. The van der Waals surface area contributed by atoms with E-state index in [1.54, 1.807) is 12.4 Å². The van der Waals surface area contributed by atoms with E-state index in [0.717, 1.165) is 28.5 Å². The molecule has 1 fully saturated rings. The Morgan fingerprint density at radius 2 is 2.00 bits per heavy atom. The fraction of sp³-hybridized carbons (Fsp3) is 0.375. The maximum atomic E-state index is 11.1. The van der Waals surface area contributed by atoms with Crippen molar-refractivity contribution < 1.29 is 19.0 Å². The fourth-order valence-corrected chi connectivity index (χ4v) is 3.96. The number of hydrogen-bond donors (Lipinski definition) is 1. The first-order chi connectivity index (χ1) is 15.5. The van der Waals surface area contributed by atoms with E-state index in [2.05, 4.69) is 15.3 Å². The summed E-state index contributed by atoms with van der Waals surface area (Å²) in [6.07, 6.45) is 5.97. The van der Waals surface area contributed by atoms with E-state index in [0.29, 0.717) is 29.2 Å². The predicted octanol–water partition coefficient (Wildman–Crippen LogP) is 5.00. The molecule has 1 aliphatic carbocycles. The summed E-state index contributed by atoms with van der Waals surface area (Å²) in [6.45, 7) is 6.53. The van der Waals surface area contributed by atoms with Gasteiger partial charge >= 0.3 is 0 Å². The molecule has 0 radical (unpaired) electrons. The Kier molecular flexibility index (Phi) is 6.90. The number of ether oxygens (including phenoxy) is 3. The normalized spacial score (nSPS) is 14.0. The molecule has 2 aromatic heterocycles. The van der Waals surface area contributed by atoms with Crippen molar-refractivity contribution >= 4 is 17.2 Å². The first-order valence-corrected chi connectivity index (χ1v) is 11.5. The molecule has 1 saturated carbocycles. The van der Waals surface area contributed by atoms with Crippen LogP contribution >= 0.6 is 11.3 Å². The van der Waals surface area contributed by atoms with Crippen LogP contribution in [0.1, 0.15) is 32.3 Å². The smallest absolute Gasteiger partial charge is 0.219 e. The van der Waals surface area contributed by atoms with Gasteiger partial charge in [0.05, 0.1) is 18.8 Å². The molecule has 0 saturated heterocycles. The molecule has 1 amide bonds. The van der Waals surface area contributed by atoms with Gasteiger partial charge in [0.1, 0.15) is 23.1 Å². The number of rotatable bonds is 10. The van der Waals surface area contributed by atoms with E-state index >= 15 is 0 Å². The van der Waals surface area contributed by atoms with E-state index < -0.39 is 0 Å². The van der Waals surface area contributed by atoms with Gasteiger partial charge in [-0.05, 0) is 50.3 Å². The topological polar surface area (TPSA) is 82.6 Å². The maximum absolute atomic E-state index is 11.1. The standard InChI is InChI=1S/C24H27N3O4S/c1-15-9-22(31-20-6-4-5-19(10-20)29-14-18-7-8-18)25-11-21(15)24-26-12-23(32-24)30-13-16(2)27-17(3)28/h4-6,9-12,16,18H,7-8,13-14H2,1-3H3,(H,27,28). The molecular weight excluding hydrogens is 426 g/mol. The van der Waals surface area contributed by atoms with Crippen molar-refractivity contribution in [2.45, 2.75) is 39.7 Å². The SMILES string of the molecule is CC(=O)NC(C)COc1cnc(-c2cnc(Oc3cccc(OCC4CC4)c3)cc2C)s1. The molecule has 168 valence electrons. The van der Waals surface area contributed by atoms with Crippen LogP contribution in [0.3, 0.4) is 0 Å². The molecule has 32 heavy (non-hydrogen) atoms. The predicted molar refractivity (Wildman–Crippen MR) is 124 cm³/mol. The lowest BCUT2D eigenvalue weighted by Gasteiger charge is -2.12. The summed E-state index contributed by atoms with van der Waals surface area (Å²) in [6, 6.07) is 9.46. The minimum absolute atomic E-state index is 0.0736. The quantitative estimate of drug-likeness (QED) is 0.465. The van der Waals surface area contributed by atoms with Gasteiger partial charge in [0.15, 0.2) is 5.06 Å². The molecular formula is C24H27N3O4S. The zero-order chi connectivity index (χ0) is 22.5. The number of aromatic nitrogens is 2. The zero-order valence-electron chi connectivity index (χ0n) is 18.5. The molecule has 0 spiro atoms. The van der Waals surface area contributed by atoms with Crippen molar-refractivity contribution in [1.82, 2.24) is 15.3 Å². The number of aryl methyl sites for hydroxylation is 1. The minimum Gasteiger partial charge on any atom is -0.493 e. The highest BCUT2D eigenvalue weighted by molar-refractivity contribution is 7.16. The minimum atomic E-state index is -0.0763. The molecule has 0 bridgehead atoms. The van der Waals surface area contributed by atoms with Crippen LogP contribution in [0.15, 0.2) is 42.7 Å². The average Bonchev–Trinajstić information content (AvgIpc) is 3.47. The number of benzene rings is 1. The van der Waals surface area contributed by atoms with Crippen LogP contribution in [0.2, 0.25) is 0 Å². The molecule has 2 heterocycles. The van der Waals surface area contributed by atoms with Crippen molar-refractivity contribution in [2.24, 2.45) is 5.92 Å². The highest BCUT2D eigenvalue weighted by atomic mass is 32.1. The summed E-state index contributed by atoms with van der Waals surface area (Å²) in [7, 11) is 0. The Labute approximate surface area is 191 Å². The van der Waals surface area contributed by atoms with Crippen LogP contribution in [-0.2, 0) is 4.79 Å². The summed E-state index contributed by atoms with van der Waals surface area (Å²) < 4.78 is 17.5. The number of carbonyl (C=O) groups excluding carboxylic acids is 1. The van der Waals surface area contributed by atoms with Crippen LogP contribution < -0.4 is 19.5 Å². The van der Waals surface area contributed by atoms with Crippen molar-refractivity contribution in [3.8, 4) is 33.0 Å². The lowest BCUT2D eigenvalue weighted by Crippen LogP contribution is -2.35. The molecule has 3 aromatic rings. The molecule has 0 aliphatic heterocycles. The van der Waals surface area contributed by atoms with Gasteiger partial charge < -0.3 is 19.5 Å². The van der Waals surface area contributed by atoms with Crippen molar-refractivity contribution in [3.05, 3.63) is 48.3 Å². The molecule has 1 N–H and O–H groups in total. The zero-order valence-corrected chi connectivity index (χ0v) is 19.3. The summed E-state index contributed by atoms with van der Waals surface area (Å²) in [5.41, 5.74) is 1.93. The van der Waals surface area contributed by atoms with Crippen molar-refractivity contribution in [1.29, 1.82) is 0 Å². The Morgan fingerprint density at radius 1 is 1.19 bits per heavy atom. The number of carbonyl (C=O) groups is 1. The third-order valence-corrected chi connectivity index (χ3v) is 5.88. The second kappa shape index (κ2) is 9.99. The first kappa shape index (κ1) is 22.1. The van der Waals surface area contributed by atoms with Crippen LogP contribution in [0.25, 0.3) is 10.6 Å². The van der Waals surface area contributed by atoms with E-state index in [-0.39, 0.29) is 11.9 Å². The lowest BCUT2D eigenvalue weighted by molar-refractivity contribution is -0.119. The van der Waals surface area contributed by atoms with E-state index in [1.165, 1.54) is 31.1 Å². The monoisotopic (exact) mass is 453 g/mol. The largest absolute Gasteiger partial charge is 0.493 e. The van der Waals surface area contributed by atoms with Crippen LogP contribution in [-0.4, -0.2) is 35.1 Å². The maximum Gasteiger partial charge on any atom is 0.219 e. The molecule has 7 nitrogen and oxygen atoms in total. The number of pyridine rings is 1. The number of thiazole rings is 1. The van der Waals surface area contributed by atoms with Crippen LogP contribution in [0.5, 0.6) is 22.4 Å². The van der Waals surface area contributed by atoms with Gasteiger partial charge in [-0.3, -0.25) is 4.79 Å². The van der Waals surface area contributed by atoms with Crippen LogP contribution in [0, 0.1) is 12.8 Å². The van der Waals surface area contributed by atoms with E-state index in [9.17, 15) is 4.79 Å².